The molecule has 4 aromatic carbocycles. The first-order chi connectivity index (χ1) is 20.8. The summed E-state index contributed by atoms with van der Waals surface area (Å²) in [5, 5.41) is 12.4. The van der Waals surface area contributed by atoms with Crippen molar-refractivity contribution in [1.82, 2.24) is 10.2 Å². The summed E-state index contributed by atoms with van der Waals surface area (Å²) in [5.74, 6) is 0.0606. The molecule has 0 aromatic heterocycles. The van der Waals surface area contributed by atoms with Crippen LogP contribution in [0.4, 0.5) is 0 Å². The number of benzene rings is 4. The quantitative estimate of drug-likeness (QED) is 0.213. The zero-order valence-electron chi connectivity index (χ0n) is 25.4. The van der Waals surface area contributed by atoms with Crippen molar-refractivity contribution in [3.63, 3.8) is 0 Å². The molecule has 4 aromatic rings. The molecule has 2 N–H and O–H groups in total. The molecule has 0 spiro atoms. The van der Waals surface area contributed by atoms with Gasteiger partial charge in [-0.2, -0.15) is 0 Å². The van der Waals surface area contributed by atoms with Gasteiger partial charge in [0, 0.05) is 37.5 Å². The number of nitrogens with zero attached hydrogens (tertiary/aromatic N) is 1. The Morgan fingerprint density at radius 3 is 2.23 bits per heavy atom. The van der Waals surface area contributed by atoms with Gasteiger partial charge in [0.15, 0.2) is 6.29 Å². The molecule has 5 atom stereocenters. The number of ether oxygens (including phenoxy) is 2. The molecule has 0 bridgehead atoms. The number of hydrogen-bond donors (Lipinski definition) is 2. The second-order valence-corrected chi connectivity index (χ2v) is 11.6. The lowest BCUT2D eigenvalue weighted by Crippen LogP contribution is -2.44. The minimum atomic E-state index is -0.524. The van der Waals surface area contributed by atoms with Crippen molar-refractivity contribution in [1.29, 1.82) is 0 Å². The van der Waals surface area contributed by atoms with Crippen LogP contribution in [0.2, 0.25) is 0 Å². The third kappa shape index (κ3) is 7.59. The summed E-state index contributed by atoms with van der Waals surface area (Å²) in [5.41, 5.74) is 7.42. The maximum atomic E-state index is 11.4. The highest BCUT2D eigenvalue weighted by atomic mass is 16.7. The number of nitrogens with one attached hydrogen (secondary N) is 1. The molecule has 43 heavy (non-hydrogen) atoms. The molecule has 1 aliphatic rings. The van der Waals surface area contributed by atoms with E-state index < -0.39 is 6.29 Å². The minimum Gasteiger partial charge on any atom is -0.392 e. The third-order valence-corrected chi connectivity index (χ3v) is 8.52. The maximum Gasteiger partial charge on any atom is 0.217 e. The summed E-state index contributed by atoms with van der Waals surface area (Å²) < 4.78 is 13.4. The molecular formula is C37H42N2O4. The molecule has 6 nitrogen and oxygen atoms in total. The third-order valence-electron chi connectivity index (χ3n) is 8.52. The maximum absolute atomic E-state index is 11.4. The van der Waals surface area contributed by atoms with E-state index in [1.54, 1.807) is 0 Å². The van der Waals surface area contributed by atoms with Crippen LogP contribution in [0.5, 0.6) is 0 Å². The monoisotopic (exact) mass is 578 g/mol. The number of carbonyl (C=O) groups excluding carboxylic acids is 1. The summed E-state index contributed by atoms with van der Waals surface area (Å²) in [7, 11) is 2.15. The molecule has 0 radical (unpaired) electrons. The summed E-state index contributed by atoms with van der Waals surface area (Å²) in [6.07, 6.45) is -0.756. The number of amides is 1. The van der Waals surface area contributed by atoms with Gasteiger partial charge in [-0.05, 0) is 53.4 Å². The molecule has 1 aliphatic heterocycles. The van der Waals surface area contributed by atoms with Crippen LogP contribution in [0.15, 0.2) is 103 Å². The normalized spacial score (nSPS) is 21.0. The Morgan fingerprint density at radius 1 is 0.860 bits per heavy atom. The number of rotatable bonds is 10. The van der Waals surface area contributed by atoms with Gasteiger partial charge in [0.2, 0.25) is 5.91 Å². The van der Waals surface area contributed by atoms with Crippen molar-refractivity contribution < 1.29 is 19.4 Å². The van der Waals surface area contributed by atoms with Gasteiger partial charge in [-0.15, -0.1) is 0 Å². The Balaban J connectivity index is 1.38. The van der Waals surface area contributed by atoms with Crippen LogP contribution in [0.1, 0.15) is 67.0 Å². The Bertz CT molecular complexity index is 1470. The van der Waals surface area contributed by atoms with E-state index in [1.807, 2.05) is 30.3 Å². The molecule has 1 amide bonds. The summed E-state index contributed by atoms with van der Waals surface area (Å²) >= 11 is 0. The SMILES string of the molecule is CC(=O)NCc1cccc(-c2ccc([C@H]3O[C@@H](CN(C)[C@@H](C)c4ccccc4)[C@@H](C)[C@@H](c4ccc(CO)cc4)O3)cc2)c1. The Hall–Kier alpha value is -3.81. The van der Waals surface area contributed by atoms with Crippen molar-refractivity contribution in [3.8, 4) is 11.1 Å². The lowest BCUT2D eigenvalue weighted by atomic mass is 9.89. The molecule has 224 valence electrons. The molecule has 0 aliphatic carbocycles. The number of aliphatic hydroxyl groups is 1. The zero-order chi connectivity index (χ0) is 30.3. The van der Waals surface area contributed by atoms with Crippen LogP contribution >= 0.6 is 0 Å². The highest BCUT2D eigenvalue weighted by molar-refractivity contribution is 5.73. The molecule has 6 heteroatoms. The average molecular weight is 579 g/mol. The van der Waals surface area contributed by atoms with Gasteiger partial charge in [0.25, 0.3) is 0 Å². The van der Waals surface area contributed by atoms with Crippen LogP contribution in [0, 0.1) is 5.92 Å². The minimum absolute atomic E-state index is 0.0143. The predicted molar refractivity (Wildman–Crippen MR) is 170 cm³/mol. The molecule has 1 saturated heterocycles. The van der Waals surface area contributed by atoms with Crippen LogP contribution in [-0.4, -0.2) is 35.6 Å². The van der Waals surface area contributed by atoms with E-state index in [9.17, 15) is 9.90 Å². The summed E-state index contributed by atoms with van der Waals surface area (Å²) in [6.45, 7) is 7.22. The lowest BCUT2D eigenvalue weighted by Gasteiger charge is -2.43. The molecule has 0 unspecified atom stereocenters. The fourth-order valence-electron chi connectivity index (χ4n) is 5.68. The van der Waals surface area contributed by atoms with E-state index in [0.717, 1.165) is 39.9 Å². The van der Waals surface area contributed by atoms with Crippen LogP contribution in [0.3, 0.4) is 0 Å². The number of likely N-dealkylation sites (N-methyl/N-ethyl adjacent to an activating group) is 1. The number of hydrogen-bond acceptors (Lipinski definition) is 5. The second kappa shape index (κ2) is 14.1. The smallest absolute Gasteiger partial charge is 0.217 e. The molecule has 1 fully saturated rings. The van der Waals surface area contributed by atoms with Gasteiger partial charge in [-0.25, -0.2) is 0 Å². The molecule has 0 saturated carbocycles. The summed E-state index contributed by atoms with van der Waals surface area (Å²) in [4.78, 5) is 13.7. The Kier molecular flexibility index (Phi) is 10.1. The highest BCUT2D eigenvalue weighted by Crippen LogP contribution is 2.42. The van der Waals surface area contributed by atoms with E-state index in [0.29, 0.717) is 6.54 Å². The lowest BCUT2D eigenvalue weighted by molar-refractivity contribution is -0.276. The van der Waals surface area contributed by atoms with Gasteiger partial charge < -0.3 is 19.9 Å². The summed E-state index contributed by atoms with van der Waals surface area (Å²) in [6, 6.07) is 35.4. The first kappa shape index (κ1) is 30.6. The molecule has 1 heterocycles. The molecule has 5 rings (SSSR count). The zero-order valence-corrected chi connectivity index (χ0v) is 25.4. The van der Waals surface area contributed by atoms with Crippen LogP contribution in [-0.2, 0) is 27.4 Å². The first-order valence-electron chi connectivity index (χ1n) is 15.0. The van der Waals surface area contributed by atoms with Crippen molar-refractivity contribution in [2.45, 2.75) is 58.5 Å². The second-order valence-electron chi connectivity index (χ2n) is 11.6. The van der Waals surface area contributed by atoms with Gasteiger partial charge in [-0.1, -0.05) is 104 Å². The van der Waals surface area contributed by atoms with Crippen molar-refractivity contribution >= 4 is 5.91 Å². The fourth-order valence-corrected chi connectivity index (χ4v) is 5.68. The fraction of sp³-hybridized carbons (Fsp3) is 0.324. The Labute approximate surface area is 255 Å². The molecular weight excluding hydrogens is 536 g/mol. The van der Waals surface area contributed by atoms with Gasteiger partial charge in [0.1, 0.15) is 0 Å². The average Bonchev–Trinajstić information content (AvgIpc) is 3.05. The van der Waals surface area contributed by atoms with Crippen molar-refractivity contribution in [2.24, 2.45) is 5.92 Å². The van der Waals surface area contributed by atoms with Crippen molar-refractivity contribution in [3.05, 3.63) is 131 Å². The van der Waals surface area contributed by atoms with E-state index in [1.165, 1.54) is 12.5 Å². The number of carbonyl (C=O) groups is 1. The Morgan fingerprint density at radius 2 is 1.56 bits per heavy atom. The van der Waals surface area contributed by atoms with Crippen LogP contribution in [0.25, 0.3) is 11.1 Å². The van der Waals surface area contributed by atoms with E-state index in [-0.39, 0.29) is 36.7 Å². The van der Waals surface area contributed by atoms with E-state index in [2.05, 4.69) is 104 Å². The highest BCUT2D eigenvalue weighted by Gasteiger charge is 2.39. The first-order valence-corrected chi connectivity index (χ1v) is 15.0. The van der Waals surface area contributed by atoms with Gasteiger partial charge in [-0.3, -0.25) is 9.69 Å². The van der Waals surface area contributed by atoms with Gasteiger partial charge >= 0.3 is 0 Å². The standard InChI is InChI=1S/C37H42N2O4/c1-25-35(23-39(4)26(2)30-10-6-5-7-11-30)42-37(43-36(25)32-15-13-28(24-40)14-16-32)33-19-17-31(18-20-33)34-12-8-9-29(21-34)22-38-27(3)41/h5-21,25-26,35-37,40H,22-24H2,1-4H3,(H,38,41)/t25-,26+,35+,36+,37+/m1/s1. The van der Waals surface area contributed by atoms with Crippen molar-refractivity contribution in [2.75, 3.05) is 13.6 Å². The van der Waals surface area contributed by atoms with E-state index in [4.69, 9.17) is 9.47 Å². The topological polar surface area (TPSA) is 71.0 Å². The largest absolute Gasteiger partial charge is 0.392 e. The number of aliphatic hydroxyl groups excluding tert-OH is 1. The van der Waals surface area contributed by atoms with Crippen LogP contribution < -0.4 is 5.32 Å². The predicted octanol–water partition coefficient (Wildman–Crippen LogP) is 6.97. The van der Waals surface area contributed by atoms with E-state index >= 15 is 0 Å². The van der Waals surface area contributed by atoms with Gasteiger partial charge in [0.05, 0.1) is 18.8 Å².